The summed E-state index contributed by atoms with van der Waals surface area (Å²) in [5.74, 6) is -0.338. The maximum absolute atomic E-state index is 11.3. The standard InChI is InChI=1S/C14H12BrClN2O2/c1-20-14(19)10-4-2-9(3-5-10)7-17-11-6-12(15)13(16)18-8-11/h2-6,8,17H,7H2,1H3. The molecule has 2 rings (SSSR count). The van der Waals surface area contributed by atoms with Gasteiger partial charge in [-0.15, -0.1) is 0 Å². The summed E-state index contributed by atoms with van der Waals surface area (Å²) in [6.07, 6.45) is 1.66. The molecule has 104 valence electrons. The van der Waals surface area contributed by atoms with E-state index in [2.05, 4.69) is 31.0 Å². The number of carbonyl (C=O) groups is 1. The molecule has 0 bridgehead atoms. The number of nitrogens with one attached hydrogen (secondary N) is 1. The van der Waals surface area contributed by atoms with Crippen molar-refractivity contribution >= 4 is 39.2 Å². The first-order chi connectivity index (χ1) is 9.60. The Morgan fingerprint density at radius 3 is 2.70 bits per heavy atom. The first kappa shape index (κ1) is 14.8. The predicted octanol–water partition coefficient (Wildman–Crippen LogP) is 3.90. The first-order valence-electron chi connectivity index (χ1n) is 5.82. The third kappa shape index (κ3) is 3.71. The van der Waals surface area contributed by atoms with Crippen LogP contribution in [-0.2, 0) is 11.3 Å². The lowest BCUT2D eigenvalue weighted by Gasteiger charge is -2.07. The number of methoxy groups -OCH3 is 1. The summed E-state index contributed by atoms with van der Waals surface area (Å²) in [4.78, 5) is 15.3. The monoisotopic (exact) mass is 354 g/mol. The fourth-order valence-electron chi connectivity index (χ4n) is 1.60. The van der Waals surface area contributed by atoms with Crippen molar-refractivity contribution in [3.8, 4) is 0 Å². The van der Waals surface area contributed by atoms with Gasteiger partial charge in [-0.05, 0) is 39.7 Å². The van der Waals surface area contributed by atoms with Gasteiger partial charge in [-0.2, -0.15) is 0 Å². The minimum absolute atomic E-state index is 0.338. The van der Waals surface area contributed by atoms with Crippen molar-refractivity contribution in [2.24, 2.45) is 0 Å². The van der Waals surface area contributed by atoms with E-state index >= 15 is 0 Å². The molecule has 0 aliphatic carbocycles. The molecule has 0 radical (unpaired) electrons. The van der Waals surface area contributed by atoms with Gasteiger partial charge in [0, 0.05) is 6.54 Å². The maximum atomic E-state index is 11.3. The van der Waals surface area contributed by atoms with E-state index in [1.54, 1.807) is 18.3 Å². The van der Waals surface area contributed by atoms with Crippen LogP contribution in [0.5, 0.6) is 0 Å². The second kappa shape index (κ2) is 6.72. The van der Waals surface area contributed by atoms with Crippen LogP contribution in [0.2, 0.25) is 5.15 Å². The highest BCUT2D eigenvalue weighted by molar-refractivity contribution is 9.10. The number of ether oxygens (including phenoxy) is 1. The molecule has 0 spiro atoms. The number of aromatic nitrogens is 1. The summed E-state index contributed by atoms with van der Waals surface area (Å²) in [7, 11) is 1.36. The molecule has 0 unspecified atom stereocenters. The highest BCUT2D eigenvalue weighted by Gasteiger charge is 2.04. The Balaban J connectivity index is 2.00. The highest BCUT2D eigenvalue weighted by atomic mass is 79.9. The molecule has 1 N–H and O–H groups in total. The molecular weight excluding hydrogens is 344 g/mol. The van der Waals surface area contributed by atoms with Crippen LogP contribution in [0.15, 0.2) is 41.0 Å². The Morgan fingerprint density at radius 1 is 1.40 bits per heavy atom. The van der Waals surface area contributed by atoms with Crippen LogP contribution in [-0.4, -0.2) is 18.1 Å². The second-order valence-corrected chi connectivity index (χ2v) is 5.25. The fraction of sp³-hybridized carbons (Fsp3) is 0.143. The van der Waals surface area contributed by atoms with E-state index < -0.39 is 0 Å². The summed E-state index contributed by atoms with van der Waals surface area (Å²) in [5, 5.41) is 3.65. The lowest BCUT2D eigenvalue weighted by molar-refractivity contribution is 0.0600. The molecule has 0 atom stereocenters. The SMILES string of the molecule is COC(=O)c1ccc(CNc2cnc(Cl)c(Br)c2)cc1. The van der Waals surface area contributed by atoms with Crippen molar-refractivity contribution in [2.75, 3.05) is 12.4 Å². The van der Waals surface area contributed by atoms with E-state index in [9.17, 15) is 4.79 Å². The molecule has 20 heavy (non-hydrogen) atoms. The molecule has 2 aromatic rings. The van der Waals surface area contributed by atoms with Gasteiger partial charge in [0.1, 0.15) is 5.15 Å². The summed E-state index contributed by atoms with van der Waals surface area (Å²) in [5.41, 5.74) is 2.44. The quantitative estimate of drug-likeness (QED) is 0.667. The Labute approximate surface area is 130 Å². The van der Waals surface area contributed by atoms with E-state index in [1.165, 1.54) is 7.11 Å². The van der Waals surface area contributed by atoms with Gasteiger partial charge < -0.3 is 10.1 Å². The number of halogens is 2. The fourth-order valence-corrected chi connectivity index (χ4v) is 2.05. The Morgan fingerprint density at radius 2 is 2.10 bits per heavy atom. The van der Waals surface area contributed by atoms with Gasteiger partial charge in [-0.25, -0.2) is 9.78 Å². The summed E-state index contributed by atoms with van der Waals surface area (Å²) in [6, 6.07) is 9.07. The van der Waals surface area contributed by atoms with Gasteiger partial charge in [0.05, 0.1) is 29.0 Å². The largest absolute Gasteiger partial charge is 0.465 e. The van der Waals surface area contributed by atoms with E-state index in [0.29, 0.717) is 17.3 Å². The molecule has 1 aromatic heterocycles. The molecule has 6 heteroatoms. The van der Waals surface area contributed by atoms with Crippen LogP contribution in [0, 0.1) is 0 Å². The molecule has 0 saturated carbocycles. The van der Waals surface area contributed by atoms with Crippen LogP contribution in [0.3, 0.4) is 0 Å². The zero-order valence-electron chi connectivity index (χ0n) is 10.7. The topological polar surface area (TPSA) is 51.2 Å². The van der Waals surface area contributed by atoms with E-state index in [4.69, 9.17) is 11.6 Å². The Kier molecular flexibility index (Phi) is 4.98. The molecule has 0 fully saturated rings. The molecule has 0 aliphatic rings. The van der Waals surface area contributed by atoms with E-state index in [1.807, 2.05) is 18.2 Å². The number of carbonyl (C=O) groups excluding carboxylic acids is 1. The zero-order valence-corrected chi connectivity index (χ0v) is 13.0. The number of anilines is 1. The van der Waals surface area contributed by atoms with Crippen LogP contribution < -0.4 is 5.32 Å². The minimum Gasteiger partial charge on any atom is -0.465 e. The van der Waals surface area contributed by atoms with Crippen molar-refractivity contribution < 1.29 is 9.53 Å². The molecular formula is C14H12BrClN2O2. The second-order valence-electron chi connectivity index (χ2n) is 4.04. The summed E-state index contributed by atoms with van der Waals surface area (Å²) >= 11 is 9.15. The van der Waals surface area contributed by atoms with Gasteiger partial charge in [-0.3, -0.25) is 0 Å². The first-order valence-corrected chi connectivity index (χ1v) is 6.99. The molecule has 1 aromatic carbocycles. The zero-order chi connectivity index (χ0) is 14.5. The van der Waals surface area contributed by atoms with Crippen molar-refractivity contribution in [1.29, 1.82) is 0 Å². The summed E-state index contributed by atoms with van der Waals surface area (Å²) in [6.45, 7) is 0.622. The highest BCUT2D eigenvalue weighted by Crippen LogP contribution is 2.23. The van der Waals surface area contributed by atoms with Crippen LogP contribution in [0.25, 0.3) is 0 Å². The smallest absolute Gasteiger partial charge is 0.337 e. The van der Waals surface area contributed by atoms with E-state index in [-0.39, 0.29) is 5.97 Å². The number of nitrogens with zero attached hydrogens (tertiary/aromatic N) is 1. The Hall–Kier alpha value is -1.59. The van der Waals surface area contributed by atoms with Crippen LogP contribution >= 0.6 is 27.5 Å². The van der Waals surface area contributed by atoms with Gasteiger partial charge >= 0.3 is 5.97 Å². The molecule has 1 heterocycles. The number of rotatable bonds is 4. The van der Waals surface area contributed by atoms with Crippen molar-refractivity contribution in [1.82, 2.24) is 4.98 Å². The Bertz CT molecular complexity index is 617. The average molecular weight is 356 g/mol. The van der Waals surface area contributed by atoms with Gasteiger partial charge in [-0.1, -0.05) is 23.7 Å². The maximum Gasteiger partial charge on any atom is 0.337 e. The normalized spacial score (nSPS) is 10.2. The molecule has 4 nitrogen and oxygen atoms in total. The average Bonchev–Trinajstić information content (AvgIpc) is 2.48. The third-order valence-corrected chi connectivity index (χ3v) is 3.80. The predicted molar refractivity (Wildman–Crippen MR) is 82.1 cm³/mol. The third-order valence-electron chi connectivity index (χ3n) is 2.67. The van der Waals surface area contributed by atoms with Crippen LogP contribution in [0.4, 0.5) is 5.69 Å². The van der Waals surface area contributed by atoms with Crippen molar-refractivity contribution in [3.05, 3.63) is 57.3 Å². The van der Waals surface area contributed by atoms with Gasteiger partial charge in [0.25, 0.3) is 0 Å². The van der Waals surface area contributed by atoms with Gasteiger partial charge in [0.2, 0.25) is 0 Å². The van der Waals surface area contributed by atoms with Crippen molar-refractivity contribution in [3.63, 3.8) is 0 Å². The number of hydrogen-bond donors (Lipinski definition) is 1. The van der Waals surface area contributed by atoms with Gasteiger partial charge in [0.15, 0.2) is 0 Å². The summed E-state index contributed by atoms with van der Waals surface area (Å²) < 4.78 is 5.39. The number of pyridine rings is 1. The van der Waals surface area contributed by atoms with E-state index in [0.717, 1.165) is 15.7 Å². The van der Waals surface area contributed by atoms with Crippen molar-refractivity contribution in [2.45, 2.75) is 6.54 Å². The number of esters is 1. The number of benzene rings is 1. The number of hydrogen-bond acceptors (Lipinski definition) is 4. The molecule has 0 saturated heterocycles. The molecule has 0 aliphatic heterocycles. The minimum atomic E-state index is -0.338. The lowest BCUT2D eigenvalue weighted by atomic mass is 10.1. The lowest BCUT2D eigenvalue weighted by Crippen LogP contribution is -2.03. The molecule has 0 amide bonds. The van der Waals surface area contributed by atoms with Crippen LogP contribution in [0.1, 0.15) is 15.9 Å².